The lowest BCUT2D eigenvalue weighted by Crippen LogP contribution is -1.85. The quantitative estimate of drug-likeness (QED) is 0.870. The molecule has 1 heterocycles. The zero-order valence-corrected chi connectivity index (χ0v) is 10.1. The van der Waals surface area contributed by atoms with Gasteiger partial charge < -0.3 is 5.11 Å². The molecule has 86 valence electrons. The summed E-state index contributed by atoms with van der Waals surface area (Å²) < 4.78 is 0. The van der Waals surface area contributed by atoms with Crippen LogP contribution in [0.4, 0.5) is 0 Å². The number of halogens is 1. The zero-order chi connectivity index (χ0) is 12.3. The molecule has 2 nitrogen and oxygen atoms in total. The van der Waals surface area contributed by atoms with Crippen molar-refractivity contribution in [2.24, 2.45) is 0 Å². The SMILES string of the molecule is Cc1nc(/C=C/c2ccc(Cl)cc2)ccc1O. The van der Waals surface area contributed by atoms with E-state index in [0.29, 0.717) is 5.69 Å². The van der Waals surface area contributed by atoms with Crippen LogP contribution in [0.1, 0.15) is 17.0 Å². The van der Waals surface area contributed by atoms with Crippen LogP contribution in [0.2, 0.25) is 5.02 Å². The Hall–Kier alpha value is -1.80. The Balaban J connectivity index is 2.20. The summed E-state index contributed by atoms with van der Waals surface area (Å²) in [6, 6.07) is 11.0. The molecule has 2 rings (SSSR count). The van der Waals surface area contributed by atoms with Crippen molar-refractivity contribution in [3.63, 3.8) is 0 Å². The van der Waals surface area contributed by atoms with Crippen LogP contribution in [-0.2, 0) is 0 Å². The van der Waals surface area contributed by atoms with Gasteiger partial charge in [0.2, 0.25) is 0 Å². The first-order valence-electron chi connectivity index (χ1n) is 5.25. The summed E-state index contributed by atoms with van der Waals surface area (Å²) in [5, 5.41) is 10.1. The van der Waals surface area contributed by atoms with Crippen molar-refractivity contribution in [1.82, 2.24) is 4.98 Å². The number of hydrogen-bond acceptors (Lipinski definition) is 2. The van der Waals surface area contributed by atoms with Crippen LogP contribution in [0.3, 0.4) is 0 Å². The second kappa shape index (κ2) is 5.02. The second-order valence-electron chi connectivity index (χ2n) is 3.73. The van der Waals surface area contributed by atoms with Gasteiger partial charge in [0, 0.05) is 5.02 Å². The molecule has 17 heavy (non-hydrogen) atoms. The smallest absolute Gasteiger partial charge is 0.136 e. The molecule has 2 aromatic rings. The molecule has 1 N–H and O–H groups in total. The molecule has 0 radical (unpaired) electrons. The topological polar surface area (TPSA) is 33.1 Å². The first-order chi connectivity index (χ1) is 8.15. The van der Waals surface area contributed by atoms with Gasteiger partial charge in [0.15, 0.2) is 0 Å². The molecule has 0 aliphatic carbocycles. The zero-order valence-electron chi connectivity index (χ0n) is 9.39. The van der Waals surface area contributed by atoms with Crippen molar-refractivity contribution >= 4 is 23.8 Å². The number of benzene rings is 1. The predicted octanol–water partition coefficient (Wildman–Crippen LogP) is 3.92. The highest BCUT2D eigenvalue weighted by atomic mass is 35.5. The van der Waals surface area contributed by atoms with E-state index in [9.17, 15) is 5.11 Å². The number of pyridine rings is 1. The molecule has 0 aliphatic rings. The number of hydrogen-bond donors (Lipinski definition) is 1. The van der Waals surface area contributed by atoms with Crippen molar-refractivity contribution in [2.75, 3.05) is 0 Å². The third-order valence-corrected chi connectivity index (χ3v) is 2.65. The largest absolute Gasteiger partial charge is 0.506 e. The van der Waals surface area contributed by atoms with E-state index >= 15 is 0 Å². The Morgan fingerprint density at radius 1 is 1.06 bits per heavy atom. The third kappa shape index (κ3) is 3.08. The first kappa shape index (κ1) is 11.7. The van der Waals surface area contributed by atoms with Crippen molar-refractivity contribution in [1.29, 1.82) is 0 Å². The summed E-state index contributed by atoms with van der Waals surface area (Å²) in [6.07, 6.45) is 3.85. The van der Waals surface area contributed by atoms with Crippen LogP contribution in [-0.4, -0.2) is 10.1 Å². The lowest BCUT2D eigenvalue weighted by atomic mass is 10.2. The highest BCUT2D eigenvalue weighted by Gasteiger charge is 1.96. The van der Waals surface area contributed by atoms with Gasteiger partial charge in [-0.1, -0.05) is 29.8 Å². The first-order valence-corrected chi connectivity index (χ1v) is 5.63. The molecule has 0 spiro atoms. The molecule has 0 atom stereocenters. The van der Waals surface area contributed by atoms with Gasteiger partial charge >= 0.3 is 0 Å². The van der Waals surface area contributed by atoms with Gasteiger partial charge in [-0.3, -0.25) is 0 Å². The Bertz CT molecular complexity index is 547. The Kier molecular flexibility index (Phi) is 3.45. The van der Waals surface area contributed by atoms with Crippen LogP contribution in [0.25, 0.3) is 12.2 Å². The van der Waals surface area contributed by atoms with Crippen LogP contribution in [0.5, 0.6) is 5.75 Å². The Morgan fingerprint density at radius 3 is 2.41 bits per heavy atom. The number of nitrogens with zero attached hydrogens (tertiary/aromatic N) is 1. The van der Waals surface area contributed by atoms with E-state index in [0.717, 1.165) is 16.3 Å². The molecule has 0 unspecified atom stereocenters. The van der Waals surface area contributed by atoms with Crippen LogP contribution in [0, 0.1) is 6.92 Å². The summed E-state index contributed by atoms with van der Waals surface area (Å²) >= 11 is 5.80. The maximum atomic E-state index is 9.36. The molecule has 0 saturated carbocycles. The summed E-state index contributed by atoms with van der Waals surface area (Å²) in [7, 11) is 0. The highest BCUT2D eigenvalue weighted by molar-refractivity contribution is 6.30. The molecule has 1 aromatic heterocycles. The van der Waals surface area contributed by atoms with Crippen molar-refractivity contribution in [2.45, 2.75) is 6.92 Å². The van der Waals surface area contributed by atoms with E-state index in [1.807, 2.05) is 36.4 Å². The van der Waals surface area contributed by atoms with Crippen LogP contribution in [0.15, 0.2) is 36.4 Å². The van der Waals surface area contributed by atoms with Gasteiger partial charge in [-0.2, -0.15) is 0 Å². The third-order valence-electron chi connectivity index (χ3n) is 2.40. The van der Waals surface area contributed by atoms with Crippen molar-refractivity contribution in [3.8, 4) is 5.75 Å². The lowest BCUT2D eigenvalue weighted by molar-refractivity contribution is 0.467. The molecule has 0 bridgehead atoms. The maximum absolute atomic E-state index is 9.36. The van der Waals surface area contributed by atoms with E-state index in [-0.39, 0.29) is 5.75 Å². The van der Waals surface area contributed by atoms with Gasteiger partial charge in [-0.25, -0.2) is 4.98 Å². The predicted molar refractivity (Wildman–Crippen MR) is 71.0 cm³/mol. The maximum Gasteiger partial charge on any atom is 0.136 e. The lowest BCUT2D eigenvalue weighted by Gasteiger charge is -1.99. The average molecular weight is 246 g/mol. The van der Waals surface area contributed by atoms with Gasteiger partial charge in [0.1, 0.15) is 5.75 Å². The van der Waals surface area contributed by atoms with E-state index in [2.05, 4.69) is 4.98 Å². The fraction of sp³-hybridized carbons (Fsp3) is 0.0714. The number of aryl methyl sites for hydroxylation is 1. The summed E-state index contributed by atoms with van der Waals surface area (Å²) in [6.45, 7) is 1.77. The van der Waals surface area contributed by atoms with Gasteiger partial charge in [0.05, 0.1) is 11.4 Å². The number of aromatic hydroxyl groups is 1. The fourth-order valence-electron chi connectivity index (χ4n) is 1.42. The normalized spacial score (nSPS) is 10.9. The van der Waals surface area contributed by atoms with Crippen LogP contribution < -0.4 is 0 Å². The van der Waals surface area contributed by atoms with E-state index in [4.69, 9.17) is 11.6 Å². The van der Waals surface area contributed by atoms with Gasteiger partial charge in [0.25, 0.3) is 0 Å². The van der Waals surface area contributed by atoms with Gasteiger partial charge in [-0.05, 0) is 42.8 Å². The summed E-state index contributed by atoms with van der Waals surface area (Å²) in [5.41, 5.74) is 2.50. The minimum absolute atomic E-state index is 0.216. The summed E-state index contributed by atoms with van der Waals surface area (Å²) in [4.78, 5) is 4.24. The molecule has 0 amide bonds. The molecular formula is C14H12ClNO. The van der Waals surface area contributed by atoms with Gasteiger partial charge in [-0.15, -0.1) is 0 Å². The second-order valence-corrected chi connectivity index (χ2v) is 4.16. The molecular weight excluding hydrogens is 234 g/mol. The van der Waals surface area contributed by atoms with Crippen LogP contribution >= 0.6 is 11.6 Å². The highest BCUT2D eigenvalue weighted by Crippen LogP contribution is 2.15. The average Bonchev–Trinajstić information content (AvgIpc) is 2.33. The van der Waals surface area contributed by atoms with E-state index in [1.165, 1.54) is 0 Å². The van der Waals surface area contributed by atoms with E-state index < -0.39 is 0 Å². The van der Waals surface area contributed by atoms with E-state index in [1.54, 1.807) is 19.1 Å². The Labute approximate surface area is 105 Å². The Morgan fingerprint density at radius 2 is 1.76 bits per heavy atom. The molecule has 3 heteroatoms. The number of rotatable bonds is 2. The minimum atomic E-state index is 0.216. The standard InChI is InChI=1S/C14H12ClNO/c1-10-14(17)9-8-13(16-10)7-4-11-2-5-12(15)6-3-11/h2-9,17H,1H3/b7-4+. The number of aromatic nitrogens is 1. The molecule has 0 fully saturated rings. The van der Waals surface area contributed by atoms with Crippen molar-refractivity contribution in [3.05, 3.63) is 58.4 Å². The van der Waals surface area contributed by atoms with Crippen molar-refractivity contribution < 1.29 is 5.11 Å². The monoisotopic (exact) mass is 245 g/mol. The molecule has 0 saturated heterocycles. The molecule has 0 aliphatic heterocycles. The minimum Gasteiger partial charge on any atom is -0.506 e. The fourth-order valence-corrected chi connectivity index (χ4v) is 1.55. The molecule has 1 aromatic carbocycles. The summed E-state index contributed by atoms with van der Waals surface area (Å²) in [5.74, 6) is 0.216.